The predicted octanol–water partition coefficient (Wildman–Crippen LogP) is -1.06. The molecular weight excluding hydrogens is 310 g/mol. The fourth-order valence-electron chi connectivity index (χ4n) is 0. The Labute approximate surface area is 65.4 Å². The van der Waals surface area contributed by atoms with Crippen molar-refractivity contribution in [2.75, 3.05) is 0 Å². The van der Waals surface area contributed by atoms with Gasteiger partial charge in [0.05, 0.1) is 5.09 Å². The maximum atomic E-state index is 8.25. The summed E-state index contributed by atoms with van der Waals surface area (Å²) in [7, 11) is 0. The van der Waals surface area contributed by atoms with Gasteiger partial charge in [0, 0.05) is 0 Å². The van der Waals surface area contributed by atoms with Gasteiger partial charge in [-0.2, -0.15) is 0 Å². The second kappa shape index (κ2) is 9.08. The Hall–Kier alpha value is 0.485. The van der Waals surface area contributed by atoms with Crippen LogP contribution in [0.2, 0.25) is 0 Å². The molecule has 0 atom stereocenters. The van der Waals surface area contributed by atoms with Crippen molar-refractivity contribution in [2.45, 2.75) is 0 Å². The Bertz CT molecular complexity index is 30.5. The van der Waals surface area contributed by atoms with Crippen molar-refractivity contribution in [3.8, 4) is 0 Å². The molecule has 0 radical (unpaired) electrons. The van der Waals surface area contributed by atoms with Crippen LogP contribution in [-0.2, 0) is 0 Å². The van der Waals surface area contributed by atoms with E-state index in [-0.39, 0.29) is 45.4 Å². The molecule has 0 aromatic heterocycles. The van der Waals surface area contributed by atoms with Gasteiger partial charge in [-0.05, 0) is 0 Å². The zero-order chi connectivity index (χ0) is 3.58. The first kappa shape index (κ1) is 16.1. The van der Waals surface area contributed by atoms with Crippen molar-refractivity contribution in [3.63, 3.8) is 0 Å². The number of hydrogen-bond acceptors (Lipinski definition) is 3. The zero-order valence-corrected chi connectivity index (χ0v) is 6.78. The van der Waals surface area contributed by atoms with E-state index in [1.807, 2.05) is 0 Å². The van der Waals surface area contributed by atoms with Crippen LogP contribution < -0.4 is 0 Å². The van der Waals surface area contributed by atoms with Crippen molar-refractivity contribution >= 4 is 0 Å². The van der Waals surface area contributed by atoms with E-state index < -0.39 is 5.09 Å². The van der Waals surface area contributed by atoms with Crippen molar-refractivity contribution < 1.29 is 50.5 Å². The van der Waals surface area contributed by atoms with E-state index in [2.05, 4.69) is 0 Å². The van der Waals surface area contributed by atoms with E-state index in [4.69, 9.17) is 15.3 Å². The number of nitrogens with zero attached hydrogens (tertiary/aromatic N) is 1. The van der Waals surface area contributed by atoms with Crippen LogP contribution in [0.1, 0.15) is 0 Å². The summed E-state index contributed by atoms with van der Waals surface area (Å²) in [6, 6.07) is 0. The molecule has 0 rings (SSSR count). The minimum atomic E-state index is -1.75. The molecule has 0 aliphatic rings. The topological polar surface area (TPSA) is 97.7 Å². The van der Waals surface area contributed by atoms with Gasteiger partial charge in [-0.25, -0.2) is 0 Å². The summed E-state index contributed by atoms with van der Waals surface area (Å²) in [5, 5.41) is 14.8. The first-order chi connectivity index (χ1) is 1.73. The molecule has 0 saturated heterocycles. The summed E-state index contributed by atoms with van der Waals surface area (Å²) < 4.78 is 0. The first-order valence-corrected chi connectivity index (χ1v) is 0.548. The fourth-order valence-corrected chi connectivity index (χ4v) is 0. The molecule has 0 bridgehead atoms. The van der Waals surface area contributed by atoms with Gasteiger partial charge in [-0.1, -0.05) is 0 Å². The molecule has 0 aliphatic carbocycles. The van der Waals surface area contributed by atoms with Crippen LogP contribution in [-0.4, -0.2) is 10.6 Å². The van der Waals surface area contributed by atoms with Crippen LogP contribution >= 0.6 is 0 Å². The minimum Gasteiger partial charge on any atom is -0.412 e. The fraction of sp³-hybridized carbons (Fsp3) is 0. The summed E-state index contributed by atoms with van der Waals surface area (Å²) in [6.45, 7) is 0. The Morgan fingerprint density at radius 1 is 1.33 bits per heavy atom. The largest absolute Gasteiger partial charge is 2.00 e. The molecule has 2 N–H and O–H groups in total. The molecule has 0 heterocycles. The standard InChI is InChI=1S/NO3.H2O.Th/c2-1(3)4;;/h;1H2;/q-1;;+2. The molecule has 34 valence electrons. The Morgan fingerprint density at radius 2 is 1.33 bits per heavy atom. The molecular formula is H2NO4Th+. The van der Waals surface area contributed by atoms with Crippen LogP contribution in [0.3, 0.4) is 0 Å². The first-order valence-electron chi connectivity index (χ1n) is 0.548. The van der Waals surface area contributed by atoms with Crippen LogP contribution in [0.15, 0.2) is 0 Å². The average Bonchev–Trinajstić information content (AvgIpc) is 0.811. The molecule has 0 spiro atoms. The number of hydrogen-bond donors (Lipinski definition) is 0. The third kappa shape index (κ3) is 232. The maximum Gasteiger partial charge on any atom is 2.00 e. The quantitative estimate of drug-likeness (QED) is 0.421. The molecule has 5 nitrogen and oxygen atoms in total. The van der Waals surface area contributed by atoms with Gasteiger partial charge >= 0.3 is 39.9 Å². The molecule has 6 heteroatoms. The minimum absolute atomic E-state index is 0. The van der Waals surface area contributed by atoms with Gasteiger partial charge in [0.25, 0.3) is 0 Å². The summed E-state index contributed by atoms with van der Waals surface area (Å²) in [5.74, 6) is 0. The molecule has 0 unspecified atom stereocenters. The second-order valence-corrected chi connectivity index (χ2v) is 0.224. The summed E-state index contributed by atoms with van der Waals surface area (Å²) in [4.78, 5) is 8.25. The van der Waals surface area contributed by atoms with Gasteiger partial charge < -0.3 is 20.8 Å². The third-order valence-corrected chi connectivity index (χ3v) is 0. The van der Waals surface area contributed by atoms with Crippen molar-refractivity contribution in [3.05, 3.63) is 15.3 Å². The van der Waals surface area contributed by atoms with E-state index in [1.54, 1.807) is 0 Å². The summed E-state index contributed by atoms with van der Waals surface area (Å²) in [6.07, 6.45) is 0. The van der Waals surface area contributed by atoms with Gasteiger partial charge in [0.2, 0.25) is 0 Å². The predicted molar refractivity (Wildman–Crippen MR) is 14.0 cm³/mol. The molecule has 6 heavy (non-hydrogen) atoms. The van der Waals surface area contributed by atoms with Crippen LogP contribution in [0.25, 0.3) is 0 Å². The zero-order valence-electron chi connectivity index (χ0n) is 2.67. The van der Waals surface area contributed by atoms with Crippen LogP contribution in [0.5, 0.6) is 0 Å². The van der Waals surface area contributed by atoms with Gasteiger partial charge in [0.15, 0.2) is 0 Å². The van der Waals surface area contributed by atoms with Crippen molar-refractivity contribution in [2.24, 2.45) is 0 Å². The molecule has 0 saturated carbocycles. The van der Waals surface area contributed by atoms with E-state index in [1.165, 1.54) is 0 Å². The van der Waals surface area contributed by atoms with Gasteiger partial charge in [-0.15, -0.1) is 0 Å². The van der Waals surface area contributed by atoms with Crippen molar-refractivity contribution in [1.29, 1.82) is 0 Å². The molecule has 0 amide bonds. The monoisotopic (exact) mass is 312 g/mol. The van der Waals surface area contributed by atoms with Crippen LogP contribution in [0, 0.1) is 55.3 Å². The van der Waals surface area contributed by atoms with Crippen LogP contribution in [0.4, 0.5) is 0 Å². The molecule has 0 aliphatic heterocycles. The van der Waals surface area contributed by atoms with E-state index in [9.17, 15) is 0 Å². The SMILES string of the molecule is O.O=[N+]([O-])[O-].[Th+2]. The molecule has 0 fully saturated rings. The van der Waals surface area contributed by atoms with Gasteiger partial charge in [-0.3, -0.25) is 0 Å². The maximum absolute atomic E-state index is 8.25. The number of rotatable bonds is 0. The summed E-state index contributed by atoms with van der Waals surface area (Å²) in [5.41, 5.74) is 0. The Morgan fingerprint density at radius 3 is 1.33 bits per heavy atom. The summed E-state index contributed by atoms with van der Waals surface area (Å²) >= 11 is 0. The second-order valence-electron chi connectivity index (χ2n) is 0.224. The normalized spacial score (nSPS) is 4.00. The van der Waals surface area contributed by atoms with E-state index >= 15 is 0 Å². The van der Waals surface area contributed by atoms with Crippen molar-refractivity contribution in [1.82, 2.24) is 0 Å². The smallest absolute Gasteiger partial charge is 0.412 e. The molecule has 0 aromatic carbocycles. The van der Waals surface area contributed by atoms with E-state index in [0.717, 1.165) is 0 Å². The van der Waals surface area contributed by atoms with Gasteiger partial charge in [0.1, 0.15) is 0 Å². The third-order valence-electron chi connectivity index (χ3n) is 0. The molecule has 0 aromatic rings. The average molecular weight is 312 g/mol. The Kier molecular flexibility index (Phi) is 24.3. The Balaban J connectivity index is -0.0000000450. The van der Waals surface area contributed by atoms with E-state index in [0.29, 0.717) is 0 Å².